The molecule has 0 aliphatic carbocycles. The lowest BCUT2D eigenvalue weighted by atomic mass is 10.2. The number of unbranched alkanes of at least 4 members (excludes halogenated alkanes) is 3. The molecule has 80 valence electrons. The van der Waals surface area contributed by atoms with Crippen molar-refractivity contribution >= 4 is 7.26 Å². The maximum absolute atomic E-state index is 2.56. The second-order valence-electron chi connectivity index (χ2n) is 4.67. The first-order valence-corrected chi connectivity index (χ1v) is 8.58. The van der Waals surface area contributed by atoms with Crippen LogP contribution in [-0.2, 0) is 0 Å². The van der Waals surface area contributed by atoms with Gasteiger partial charge in [-0.1, -0.05) is 19.8 Å². The molecule has 0 saturated carbocycles. The molecule has 0 aliphatic rings. The zero-order chi connectivity index (χ0) is 10.3. The molecule has 0 N–H and O–H groups in total. The van der Waals surface area contributed by atoms with Gasteiger partial charge in [-0.25, -0.2) is 0 Å². The van der Waals surface area contributed by atoms with Crippen molar-refractivity contribution in [2.24, 2.45) is 0 Å². The van der Waals surface area contributed by atoms with Gasteiger partial charge in [0, 0.05) is 13.9 Å². The predicted molar refractivity (Wildman–Crippen MR) is 67.5 cm³/mol. The van der Waals surface area contributed by atoms with E-state index >= 15 is 0 Å². The summed E-state index contributed by atoms with van der Waals surface area (Å²) in [6.45, 7) is 12.1. The fourth-order valence-corrected chi connectivity index (χ4v) is 4.19. The standard InChI is InChI=1S/C12H28P/c1-6-8-9-10-11-13(5,7-2)12(3)4/h12H,6-11H2,1-5H3/q+1. The van der Waals surface area contributed by atoms with Gasteiger partial charge in [0.25, 0.3) is 0 Å². The molecule has 0 amide bonds. The topological polar surface area (TPSA) is 0 Å². The number of rotatable bonds is 7. The van der Waals surface area contributed by atoms with Crippen LogP contribution in [0.1, 0.15) is 53.4 Å². The molecule has 0 aromatic heterocycles. The second-order valence-corrected chi connectivity index (χ2v) is 9.74. The van der Waals surface area contributed by atoms with E-state index in [0.717, 1.165) is 5.66 Å². The molecule has 1 heteroatoms. The van der Waals surface area contributed by atoms with E-state index < -0.39 is 7.26 Å². The molecule has 1 atom stereocenters. The van der Waals surface area contributed by atoms with Crippen LogP contribution in [-0.4, -0.2) is 24.6 Å². The number of hydrogen-bond donors (Lipinski definition) is 0. The normalized spacial score (nSPS) is 16.2. The molecule has 0 spiro atoms. The van der Waals surface area contributed by atoms with E-state index in [-0.39, 0.29) is 0 Å². The lowest BCUT2D eigenvalue weighted by Crippen LogP contribution is -2.11. The molecule has 1 unspecified atom stereocenters. The third-order valence-electron chi connectivity index (χ3n) is 3.49. The van der Waals surface area contributed by atoms with Crippen LogP contribution < -0.4 is 0 Å². The Morgan fingerprint density at radius 1 is 1.00 bits per heavy atom. The zero-order valence-electron chi connectivity index (χ0n) is 10.3. The third-order valence-corrected chi connectivity index (χ3v) is 8.77. The first-order valence-electron chi connectivity index (χ1n) is 5.91. The molecule has 0 aliphatic heterocycles. The van der Waals surface area contributed by atoms with E-state index in [9.17, 15) is 0 Å². The van der Waals surface area contributed by atoms with Crippen molar-refractivity contribution < 1.29 is 0 Å². The molecule has 0 rings (SSSR count). The first kappa shape index (κ1) is 13.4. The number of hydrogen-bond acceptors (Lipinski definition) is 0. The molecule has 0 nitrogen and oxygen atoms in total. The molecular weight excluding hydrogens is 175 g/mol. The summed E-state index contributed by atoms with van der Waals surface area (Å²) >= 11 is 0. The average molecular weight is 203 g/mol. The smallest absolute Gasteiger partial charge is 0.0638 e. The van der Waals surface area contributed by atoms with Gasteiger partial charge in [-0.05, 0) is 33.6 Å². The second kappa shape index (κ2) is 6.82. The Bertz CT molecular complexity index is 120. The van der Waals surface area contributed by atoms with E-state index in [0.29, 0.717) is 0 Å². The Hall–Kier alpha value is 0.430. The van der Waals surface area contributed by atoms with Crippen molar-refractivity contribution in [3.05, 3.63) is 0 Å². The first-order chi connectivity index (χ1) is 6.06. The van der Waals surface area contributed by atoms with E-state index in [1.165, 1.54) is 38.0 Å². The van der Waals surface area contributed by atoms with Crippen molar-refractivity contribution in [3.8, 4) is 0 Å². The third kappa shape index (κ3) is 5.01. The highest BCUT2D eigenvalue weighted by Gasteiger charge is 2.32. The molecule has 0 aromatic rings. The fraction of sp³-hybridized carbons (Fsp3) is 1.00. The lowest BCUT2D eigenvalue weighted by molar-refractivity contribution is 0.702. The monoisotopic (exact) mass is 203 g/mol. The summed E-state index contributed by atoms with van der Waals surface area (Å²) in [7, 11) is -0.562. The molecular formula is C12H28P+. The van der Waals surface area contributed by atoms with Crippen molar-refractivity contribution in [3.63, 3.8) is 0 Å². The summed E-state index contributed by atoms with van der Waals surface area (Å²) < 4.78 is 0. The van der Waals surface area contributed by atoms with Crippen molar-refractivity contribution in [1.29, 1.82) is 0 Å². The summed E-state index contributed by atoms with van der Waals surface area (Å²) in [5.41, 5.74) is 0.944. The highest BCUT2D eigenvalue weighted by molar-refractivity contribution is 7.75. The van der Waals surface area contributed by atoms with Gasteiger partial charge in [-0.15, -0.1) is 0 Å². The van der Waals surface area contributed by atoms with E-state index in [4.69, 9.17) is 0 Å². The van der Waals surface area contributed by atoms with E-state index in [1.54, 1.807) is 0 Å². The molecule has 0 aromatic carbocycles. The molecule has 0 saturated heterocycles. The quantitative estimate of drug-likeness (QED) is 0.417. The van der Waals surface area contributed by atoms with Crippen molar-refractivity contribution in [2.75, 3.05) is 19.0 Å². The predicted octanol–water partition coefficient (Wildman–Crippen LogP) is 4.64. The molecule has 13 heavy (non-hydrogen) atoms. The van der Waals surface area contributed by atoms with Gasteiger partial charge in [0.15, 0.2) is 0 Å². The Kier molecular flexibility index (Phi) is 7.05. The molecule has 0 radical (unpaired) electrons. The molecule has 0 heterocycles. The highest BCUT2D eigenvalue weighted by atomic mass is 31.2. The van der Waals surface area contributed by atoms with E-state index in [1.807, 2.05) is 0 Å². The van der Waals surface area contributed by atoms with Crippen LogP contribution in [0.15, 0.2) is 0 Å². The molecule has 0 bridgehead atoms. The maximum atomic E-state index is 2.56. The summed E-state index contributed by atoms with van der Waals surface area (Å²) in [6.07, 6.45) is 8.70. The minimum absolute atomic E-state index is 0.562. The largest absolute Gasteiger partial charge is 0.0654 e. The lowest BCUT2D eigenvalue weighted by Gasteiger charge is -2.25. The van der Waals surface area contributed by atoms with Crippen LogP contribution >= 0.6 is 7.26 Å². The minimum Gasteiger partial charge on any atom is -0.0654 e. The van der Waals surface area contributed by atoms with Crippen molar-refractivity contribution in [1.82, 2.24) is 0 Å². The van der Waals surface area contributed by atoms with Gasteiger partial charge in [0.1, 0.15) is 0 Å². The van der Waals surface area contributed by atoms with Crippen LogP contribution in [0.2, 0.25) is 0 Å². The Morgan fingerprint density at radius 3 is 2.00 bits per heavy atom. The van der Waals surface area contributed by atoms with Crippen LogP contribution in [0.25, 0.3) is 0 Å². The van der Waals surface area contributed by atoms with Gasteiger partial charge in [0.2, 0.25) is 0 Å². The van der Waals surface area contributed by atoms with Gasteiger partial charge < -0.3 is 0 Å². The van der Waals surface area contributed by atoms with Crippen LogP contribution in [0, 0.1) is 0 Å². The van der Waals surface area contributed by atoms with Gasteiger partial charge >= 0.3 is 0 Å². The molecule has 0 fully saturated rings. The Balaban J connectivity index is 3.71. The van der Waals surface area contributed by atoms with Gasteiger partial charge in [0.05, 0.1) is 18.0 Å². The van der Waals surface area contributed by atoms with E-state index in [2.05, 4.69) is 34.4 Å². The van der Waals surface area contributed by atoms with Crippen LogP contribution in [0.4, 0.5) is 0 Å². The van der Waals surface area contributed by atoms with Crippen LogP contribution in [0.5, 0.6) is 0 Å². The fourth-order valence-electron chi connectivity index (χ4n) is 1.68. The minimum atomic E-state index is -0.562. The summed E-state index contributed by atoms with van der Waals surface area (Å²) in [6, 6.07) is 0. The summed E-state index contributed by atoms with van der Waals surface area (Å²) in [4.78, 5) is 0. The zero-order valence-corrected chi connectivity index (χ0v) is 11.2. The Morgan fingerprint density at radius 2 is 1.62 bits per heavy atom. The SMILES string of the molecule is CCCCCC[P+](C)(CC)C(C)C. The van der Waals surface area contributed by atoms with Gasteiger partial charge in [-0.3, -0.25) is 0 Å². The highest BCUT2D eigenvalue weighted by Crippen LogP contribution is 2.59. The summed E-state index contributed by atoms with van der Waals surface area (Å²) in [5.74, 6) is 0. The Labute approximate surface area is 85.8 Å². The van der Waals surface area contributed by atoms with Crippen molar-refractivity contribution in [2.45, 2.75) is 59.0 Å². The maximum Gasteiger partial charge on any atom is 0.0638 e. The van der Waals surface area contributed by atoms with Gasteiger partial charge in [-0.2, -0.15) is 0 Å². The average Bonchev–Trinajstić information content (AvgIpc) is 2.12. The summed E-state index contributed by atoms with van der Waals surface area (Å²) in [5, 5.41) is 0. The van der Waals surface area contributed by atoms with Crippen LogP contribution in [0.3, 0.4) is 0 Å².